The van der Waals surface area contributed by atoms with Crippen LogP contribution in [0.4, 0.5) is 0 Å². The summed E-state index contributed by atoms with van der Waals surface area (Å²) >= 11 is 1.64. The van der Waals surface area contributed by atoms with E-state index in [4.69, 9.17) is 9.47 Å². The van der Waals surface area contributed by atoms with Crippen molar-refractivity contribution in [3.05, 3.63) is 78.5 Å². The summed E-state index contributed by atoms with van der Waals surface area (Å²) in [5.41, 5.74) is 3.32. The van der Waals surface area contributed by atoms with Crippen LogP contribution in [0.3, 0.4) is 0 Å². The molecule has 0 fully saturated rings. The maximum Gasteiger partial charge on any atom is 0.150 e. The molecular formula is C23H21N3O3S. The molecule has 0 radical (unpaired) electrons. The Bertz CT molecular complexity index is 1120. The average Bonchev–Trinajstić information content (AvgIpc) is 3.29. The summed E-state index contributed by atoms with van der Waals surface area (Å²) in [5.74, 6) is 1.30. The van der Waals surface area contributed by atoms with Gasteiger partial charge < -0.3 is 14.6 Å². The quantitative estimate of drug-likeness (QED) is 0.472. The molecule has 0 saturated heterocycles. The number of hydrogen-bond donors (Lipinski definition) is 1. The van der Waals surface area contributed by atoms with Crippen LogP contribution in [-0.4, -0.2) is 34.3 Å². The Hall–Kier alpha value is -3.29. The predicted molar refractivity (Wildman–Crippen MR) is 116 cm³/mol. The minimum atomic E-state index is 0.0387. The van der Waals surface area contributed by atoms with Gasteiger partial charge in [-0.25, -0.2) is 4.68 Å². The molecule has 1 N–H and O–H groups in total. The van der Waals surface area contributed by atoms with Gasteiger partial charge in [-0.1, -0.05) is 53.4 Å². The first-order valence-electron chi connectivity index (χ1n) is 9.34. The predicted octanol–water partition coefficient (Wildman–Crippen LogP) is 4.60. The van der Waals surface area contributed by atoms with Crippen molar-refractivity contribution in [1.82, 2.24) is 15.0 Å². The first kappa shape index (κ1) is 20.0. The molecule has 4 rings (SSSR count). The molecule has 0 unspecified atom stereocenters. The van der Waals surface area contributed by atoms with Crippen LogP contribution in [-0.2, 0) is 6.61 Å². The molecule has 4 aromatic rings. The van der Waals surface area contributed by atoms with Crippen LogP contribution < -0.4 is 9.47 Å². The van der Waals surface area contributed by atoms with Crippen LogP contribution in [0.2, 0.25) is 0 Å². The SMILES string of the molecule is COc1cccc(OC)c1-n1cc(-c2ccccc2Sc2ccc(CO)cc2)nn1. The zero-order valence-corrected chi connectivity index (χ0v) is 17.5. The van der Waals surface area contributed by atoms with Gasteiger partial charge in [0.05, 0.1) is 27.0 Å². The van der Waals surface area contributed by atoms with Gasteiger partial charge in [0.15, 0.2) is 5.69 Å². The average molecular weight is 420 g/mol. The van der Waals surface area contributed by atoms with E-state index in [9.17, 15) is 5.11 Å². The van der Waals surface area contributed by atoms with E-state index in [-0.39, 0.29) is 6.61 Å². The van der Waals surface area contributed by atoms with Gasteiger partial charge in [-0.2, -0.15) is 0 Å². The van der Waals surface area contributed by atoms with E-state index in [1.54, 1.807) is 30.7 Å². The summed E-state index contributed by atoms with van der Waals surface area (Å²) in [7, 11) is 3.23. The Morgan fingerprint density at radius 1 is 0.900 bits per heavy atom. The Labute approximate surface area is 179 Å². The van der Waals surface area contributed by atoms with E-state index in [1.807, 2.05) is 66.9 Å². The first-order valence-corrected chi connectivity index (χ1v) is 10.2. The minimum absolute atomic E-state index is 0.0387. The second-order valence-corrected chi connectivity index (χ2v) is 7.58. The fourth-order valence-corrected chi connectivity index (χ4v) is 4.07. The fraction of sp³-hybridized carbons (Fsp3) is 0.130. The summed E-state index contributed by atoms with van der Waals surface area (Å²) in [6.45, 7) is 0.0387. The minimum Gasteiger partial charge on any atom is -0.494 e. The second kappa shape index (κ2) is 9.02. The number of benzene rings is 3. The number of aliphatic hydroxyl groups is 1. The molecule has 6 nitrogen and oxygen atoms in total. The van der Waals surface area contributed by atoms with Crippen molar-refractivity contribution in [2.24, 2.45) is 0 Å². The second-order valence-electron chi connectivity index (χ2n) is 6.46. The van der Waals surface area contributed by atoms with Crippen molar-refractivity contribution in [2.75, 3.05) is 14.2 Å². The van der Waals surface area contributed by atoms with Gasteiger partial charge in [0.2, 0.25) is 0 Å². The zero-order chi connectivity index (χ0) is 20.9. The largest absolute Gasteiger partial charge is 0.494 e. The number of ether oxygens (including phenoxy) is 2. The third-order valence-electron chi connectivity index (χ3n) is 4.62. The highest BCUT2D eigenvalue weighted by molar-refractivity contribution is 7.99. The lowest BCUT2D eigenvalue weighted by Gasteiger charge is -2.12. The maximum absolute atomic E-state index is 9.24. The number of rotatable bonds is 7. The van der Waals surface area contributed by atoms with Gasteiger partial charge in [-0.05, 0) is 35.9 Å². The molecule has 152 valence electrons. The van der Waals surface area contributed by atoms with Gasteiger partial charge in [0.1, 0.15) is 17.2 Å². The monoisotopic (exact) mass is 419 g/mol. The molecular weight excluding hydrogens is 398 g/mol. The zero-order valence-electron chi connectivity index (χ0n) is 16.6. The lowest BCUT2D eigenvalue weighted by Crippen LogP contribution is -2.01. The molecule has 7 heteroatoms. The smallest absolute Gasteiger partial charge is 0.150 e. The van der Waals surface area contributed by atoms with Gasteiger partial charge in [-0.15, -0.1) is 5.10 Å². The summed E-state index contributed by atoms with van der Waals surface area (Å²) in [6.07, 6.45) is 1.87. The van der Waals surface area contributed by atoms with Crippen LogP contribution in [0.25, 0.3) is 16.9 Å². The van der Waals surface area contributed by atoms with E-state index in [0.29, 0.717) is 17.2 Å². The van der Waals surface area contributed by atoms with Crippen molar-refractivity contribution in [3.8, 4) is 28.4 Å². The highest BCUT2D eigenvalue weighted by Gasteiger charge is 2.16. The van der Waals surface area contributed by atoms with E-state index < -0.39 is 0 Å². The summed E-state index contributed by atoms with van der Waals surface area (Å²) in [4.78, 5) is 2.15. The van der Waals surface area contributed by atoms with Gasteiger partial charge >= 0.3 is 0 Å². The molecule has 30 heavy (non-hydrogen) atoms. The van der Waals surface area contributed by atoms with Crippen molar-refractivity contribution >= 4 is 11.8 Å². The van der Waals surface area contributed by atoms with E-state index in [1.165, 1.54) is 0 Å². The van der Waals surface area contributed by atoms with Crippen molar-refractivity contribution in [3.63, 3.8) is 0 Å². The molecule has 0 saturated carbocycles. The normalized spacial score (nSPS) is 10.8. The van der Waals surface area contributed by atoms with Gasteiger partial charge in [0, 0.05) is 15.4 Å². The molecule has 1 aromatic heterocycles. The third-order valence-corrected chi connectivity index (χ3v) is 5.70. The van der Waals surface area contributed by atoms with Crippen LogP contribution in [0.1, 0.15) is 5.56 Å². The molecule has 0 aliphatic carbocycles. The number of nitrogens with zero attached hydrogens (tertiary/aromatic N) is 3. The van der Waals surface area contributed by atoms with Crippen LogP contribution in [0, 0.1) is 0 Å². The molecule has 0 spiro atoms. The maximum atomic E-state index is 9.24. The van der Waals surface area contributed by atoms with Gasteiger partial charge in [0.25, 0.3) is 0 Å². The number of aliphatic hydroxyl groups excluding tert-OH is 1. The first-order chi connectivity index (χ1) is 14.7. The van der Waals surface area contributed by atoms with Crippen LogP contribution in [0.5, 0.6) is 11.5 Å². The number of aromatic nitrogens is 3. The lowest BCUT2D eigenvalue weighted by molar-refractivity contribution is 0.282. The number of methoxy groups -OCH3 is 2. The topological polar surface area (TPSA) is 69.4 Å². The summed E-state index contributed by atoms with van der Waals surface area (Å²) in [6, 6.07) is 21.5. The molecule has 3 aromatic carbocycles. The molecule has 0 aliphatic rings. The van der Waals surface area contributed by atoms with Crippen LogP contribution in [0.15, 0.2) is 82.7 Å². The Kier molecular flexibility index (Phi) is 6.02. The van der Waals surface area contributed by atoms with Crippen molar-refractivity contribution < 1.29 is 14.6 Å². The summed E-state index contributed by atoms with van der Waals surface area (Å²) < 4.78 is 12.6. The Morgan fingerprint density at radius 3 is 2.27 bits per heavy atom. The van der Waals surface area contributed by atoms with Crippen molar-refractivity contribution in [2.45, 2.75) is 16.4 Å². The van der Waals surface area contributed by atoms with Crippen LogP contribution >= 0.6 is 11.8 Å². The molecule has 1 heterocycles. The standard InChI is InChI=1S/C23H21N3O3S/c1-28-20-7-5-8-21(29-2)23(20)26-14-19(24-25-26)18-6-3-4-9-22(18)30-17-12-10-16(15-27)11-13-17/h3-14,27H,15H2,1-2H3. The van der Waals surface area contributed by atoms with E-state index in [0.717, 1.165) is 26.6 Å². The Balaban J connectivity index is 1.70. The molecule has 0 bridgehead atoms. The number of para-hydroxylation sites is 1. The Morgan fingerprint density at radius 2 is 1.60 bits per heavy atom. The van der Waals surface area contributed by atoms with Crippen molar-refractivity contribution in [1.29, 1.82) is 0 Å². The fourth-order valence-electron chi connectivity index (χ4n) is 3.11. The highest BCUT2D eigenvalue weighted by Crippen LogP contribution is 2.37. The molecule has 0 aliphatic heterocycles. The van der Waals surface area contributed by atoms with E-state index in [2.05, 4.69) is 16.4 Å². The summed E-state index contributed by atoms with van der Waals surface area (Å²) in [5, 5.41) is 18.0. The third kappa shape index (κ3) is 4.03. The highest BCUT2D eigenvalue weighted by atomic mass is 32.2. The lowest BCUT2D eigenvalue weighted by atomic mass is 10.2. The molecule has 0 atom stereocenters. The molecule has 0 amide bonds. The van der Waals surface area contributed by atoms with E-state index >= 15 is 0 Å². The van der Waals surface area contributed by atoms with Gasteiger partial charge in [-0.3, -0.25) is 0 Å². The number of hydrogen-bond acceptors (Lipinski definition) is 6.